The van der Waals surface area contributed by atoms with Crippen LogP contribution in [0.4, 0.5) is 0 Å². The van der Waals surface area contributed by atoms with E-state index < -0.39 is 0 Å². The summed E-state index contributed by atoms with van der Waals surface area (Å²) in [6.45, 7) is 2.04. The van der Waals surface area contributed by atoms with Gasteiger partial charge >= 0.3 is 0 Å². The molecule has 0 heterocycles. The average molecular weight is 272 g/mol. The fourth-order valence-corrected chi connectivity index (χ4v) is 2.38. The van der Waals surface area contributed by atoms with Crippen molar-refractivity contribution in [3.63, 3.8) is 0 Å². The van der Waals surface area contributed by atoms with Crippen LogP contribution in [0.1, 0.15) is 21.5 Å². The van der Waals surface area contributed by atoms with E-state index in [0.29, 0.717) is 0 Å². The Morgan fingerprint density at radius 1 is 0.857 bits per heavy atom. The standard InChI is InChI=1S/C20H16O/c1-15-5-4-6-16(13-15)9-12-20(21)19-11-10-17-7-2-3-8-18(17)14-19/h2-14H,1H3/b12-9+. The van der Waals surface area contributed by atoms with E-state index in [1.807, 2.05) is 73.7 Å². The summed E-state index contributed by atoms with van der Waals surface area (Å²) >= 11 is 0. The minimum Gasteiger partial charge on any atom is -0.289 e. The maximum Gasteiger partial charge on any atom is 0.185 e. The molecule has 1 heteroatoms. The van der Waals surface area contributed by atoms with E-state index >= 15 is 0 Å². The summed E-state index contributed by atoms with van der Waals surface area (Å²) in [6, 6.07) is 22.0. The molecule has 1 nitrogen and oxygen atoms in total. The maximum absolute atomic E-state index is 12.3. The summed E-state index contributed by atoms with van der Waals surface area (Å²) in [6.07, 6.45) is 3.50. The number of aryl methyl sites for hydroxylation is 1. The predicted octanol–water partition coefficient (Wildman–Crippen LogP) is 5.04. The quantitative estimate of drug-likeness (QED) is 0.482. The second-order valence-electron chi connectivity index (χ2n) is 5.17. The second kappa shape index (κ2) is 5.76. The van der Waals surface area contributed by atoms with Gasteiger partial charge in [0, 0.05) is 5.56 Å². The Bertz CT molecular complexity index is 828. The number of rotatable bonds is 3. The van der Waals surface area contributed by atoms with Gasteiger partial charge in [-0.2, -0.15) is 0 Å². The number of carbonyl (C=O) groups is 1. The largest absolute Gasteiger partial charge is 0.289 e. The molecule has 102 valence electrons. The maximum atomic E-state index is 12.3. The van der Waals surface area contributed by atoms with E-state index in [4.69, 9.17) is 0 Å². The summed E-state index contributed by atoms with van der Waals surface area (Å²) in [4.78, 5) is 12.3. The molecular formula is C20H16O. The van der Waals surface area contributed by atoms with Crippen LogP contribution in [-0.2, 0) is 0 Å². The first-order chi connectivity index (χ1) is 10.2. The molecule has 0 aromatic heterocycles. The molecule has 0 N–H and O–H groups in total. The topological polar surface area (TPSA) is 17.1 Å². The second-order valence-corrected chi connectivity index (χ2v) is 5.17. The highest BCUT2D eigenvalue weighted by Crippen LogP contribution is 2.16. The number of benzene rings is 3. The molecule has 0 spiro atoms. The van der Waals surface area contributed by atoms with Gasteiger partial charge < -0.3 is 0 Å². The number of hydrogen-bond donors (Lipinski definition) is 0. The molecular weight excluding hydrogens is 256 g/mol. The molecule has 0 radical (unpaired) electrons. The molecule has 0 aliphatic heterocycles. The zero-order valence-electron chi connectivity index (χ0n) is 11.9. The van der Waals surface area contributed by atoms with Crippen LogP contribution in [0.15, 0.2) is 72.8 Å². The third-order valence-electron chi connectivity index (χ3n) is 3.50. The van der Waals surface area contributed by atoms with Gasteiger partial charge in [0.2, 0.25) is 0 Å². The highest BCUT2D eigenvalue weighted by atomic mass is 16.1. The number of ketones is 1. The van der Waals surface area contributed by atoms with Gasteiger partial charge in [0.1, 0.15) is 0 Å². The van der Waals surface area contributed by atoms with E-state index in [0.717, 1.165) is 21.9 Å². The van der Waals surface area contributed by atoms with Crippen LogP contribution >= 0.6 is 0 Å². The first kappa shape index (κ1) is 13.3. The average Bonchev–Trinajstić information content (AvgIpc) is 2.52. The summed E-state index contributed by atoms with van der Waals surface area (Å²) in [7, 11) is 0. The Labute approximate surface area is 124 Å². The smallest absolute Gasteiger partial charge is 0.185 e. The van der Waals surface area contributed by atoms with Crippen molar-refractivity contribution in [1.29, 1.82) is 0 Å². The van der Waals surface area contributed by atoms with E-state index in [9.17, 15) is 4.79 Å². The summed E-state index contributed by atoms with van der Waals surface area (Å²) in [5, 5.41) is 2.24. The summed E-state index contributed by atoms with van der Waals surface area (Å²) in [5.41, 5.74) is 2.96. The molecule has 0 aliphatic carbocycles. The van der Waals surface area contributed by atoms with Gasteiger partial charge in [-0.15, -0.1) is 0 Å². The summed E-state index contributed by atoms with van der Waals surface area (Å²) in [5.74, 6) is 0.0299. The van der Waals surface area contributed by atoms with E-state index in [1.54, 1.807) is 6.08 Å². The van der Waals surface area contributed by atoms with Gasteiger partial charge in [-0.25, -0.2) is 0 Å². The molecule has 0 fully saturated rings. The van der Waals surface area contributed by atoms with Crippen molar-refractivity contribution in [2.24, 2.45) is 0 Å². The molecule has 3 aromatic carbocycles. The zero-order chi connectivity index (χ0) is 14.7. The van der Waals surface area contributed by atoms with Crippen LogP contribution in [0.5, 0.6) is 0 Å². The van der Waals surface area contributed by atoms with Crippen LogP contribution in [-0.4, -0.2) is 5.78 Å². The Morgan fingerprint density at radius 2 is 1.67 bits per heavy atom. The number of fused-ring (bicyclic) bond motifs is 1. The molecule has 0 saturated heterocycles. The normalized spacial score (nSPS) is 11.1. The Kier molecular flexibility index (Phi) is 3.65. The molecule has 3 rings (SSSR count). The molecule has 0 amide bonds. The first-order valence-electron chi connectivity index (χ1n) is 7.00. The zero-order valence-corrected chi connectivity index (χ0v) is 11.9. The third kappa shape index (κ3) is 3.09. The lowest BCUT2D eigenvalue weighted by molar-refractivity contribution is 0.104. The van der Waals surface area contributed by atoms with Crippen molar-refractivity contribution in [3.05, 3.63) is 89.5 Å². The van der Waals surface area contributed by atoms with Crippen LogP contribution in [0.3, 0.4) is 0 Å². The highest BCUT2D eigenvalue weighted by molar-refractivity contribution is 6.08. The van der Waals surface area contributed by atoms with E-state index in [-0.39, 0.29) is 5.78 Å². The van der Waals surface area contributed by atoms with Gasteiger partial charge in [0.25, 0.3) is 0 Å². The van der Waals surface area contributed by atoms with Crippen molar-refractivity contribution in [1.82, 2.24) is 0 Å². The minimum absolute atomic E-state index is 0.0299. The fourth-order valence-electron chi connectivity index (χ4n) is 2.38. The van der Waals surface area contributed by atoms with Crippen LogP contribution < -0.4 is 0 Å². The lowest BCUT2D eigenvalue weighted by atomic mass is 10.0. The Balaban J connectivity index is 1.86. The van der Waals surface area contributed by atoms with Crippen molar-refractivity contribution < 1.29 is 4.79 Å². The molecule has 0 unspecified atom stereocenters. The van der Waals surface area contributed by atoms with Gasteiger partial charge in [-0.3, -0.25) is 4.79 Å². The first-order valence-corrected chi connectivity index (χ1v) is 7.00. The molecule has 0 bridgehead atoms. The van der Waals surface area contributed by atoms with Crippen LogP contribution in [0.25, 0.3) is 16.8 Å². The van der Waals surface area contributed by atoms with Crippen molar-refractivity contribution in [2.45, 2.75) is 6.92 Å². The van der Waals surface area contributed by atoms with E-state index in [1.165, 1.54) is 5.56 Å². The highest BCUT2D eigenvalue weighted by Gasteiger charge is 2.02. The number of hydrogen-bond acceptors (Lipinski definition) is 1. The Hall–Kier alpha value is -2.67. The molecule has 0 saturated carbocycles. The van der Waals surface area contributed by atoms with Crippen molar-refractivity contribution in [2.75, 3.05) is 0 Å². The lowest BCUT2D eigenvalue weighted by Crippen LogP contribution is -1.93. The van der Waals surface area contributed by atoms with Gasteiger partial charge in [0.05, 0.1) is 0 Å². The molecule has 0 atom stereocenters. The lowest BCUT2D eigenvalue weighted by Gasteiger charge is -2.00. The fraction of sp³-hybridized carbons (Fsp3) is 0.0500. The number of carbonyl (C=O) groups excluding carboxylic acids is 1. The predicted molar refractivity (Wildman–Crippen MR) is 88.5 cm³/mol. The van der Waals surface area contributed by atoms with E-state index in [2.05, 4.69) is 6.07 Å². The number of allylic oxidation sites excluding steroid dienone is 1. The molecule has 3 aromatic rings. The van der Waals surface area contributed by atoms with Gasteiger partial charge in [0.15, 0.2) is 5.78 Å². The van der Waals surface area contributed by atoms with Gasteiger partial charge in [-0.05, 0) is 35.4 Å². The minimum atomic E-state index is 0.0299. The molecule has 0 aliphatic rings. The summed E-state index contributed by atoms with van der Waals surface area (Å²) < 4.78 is 0. The SMILES string of the molecule is Cc1cccc(/C=C/C(=O)c2ccc3ccccc3c2)c1. The van der Waals surface area contributed by atoms with Crippen LogP contribution in [0, 0.1) is 6.92 Å². The van der Waals surface area contributed by atoms with Crippen LogP contribution in [0.2, 0.25) is 0 Å². The van der Waals surface area contributed by atoms with Crippen molar-refractivity contribution >= 4 is 22.6 Å². The van der Waals surface area contributed by atoms with Crippen molar-refractivity contribution in [3.8, 4) is 0 Å². The monoisotopic (exact) mass is 272 g/mol. The van der Waals surface area contributed by atoms with Gasteiger partial charge in [-0.1, -0.05) is 72.3 Å². The molecule has 21 heavy (non-hydrogen) atoms. The third-order valence-corrected chi connectivity index (χ3v) is 3.50. The Morgan fingerprint density at radius 3 is 2.48 bits per heavy atom.